The molecule has 0 heterocycles. The maximum Gasteiger partial charge on any atom is 0.303 e. The van der Waals surface area contributed by atoms with Crippen molar-refractivity contribution in [1.82, 2.24) is 5.32 Å². The fraction of sp³-hybridized carbons (Fsp3) is 0.750. The zero-order valence-corrected chi connectivity index (χ0v) is 7.90. The lowest BCUT2D eigenvalue weighted by molar-refractivity contribution is -0.137. The quantitative estimate of drug-likeness (QED) is 0.384. The molecule has 1 atom stereocenters. The van der Waals surface area contributed by atoms with Crippen molar-refractivity contribution in [2.75, 3.05) is 13.2 Å². The number of hydrogen-bond acceptors (Lipinski definition) is 4. The number of nitrogens with one attached hydrogen (secondary N) is 1. The van der Waals surface area contributed by atoms with E-state index in [1.807, 2.05) is 0 Å². The van der Waals surface area contributed by atoms with Gasteiger partial charge >= 0.3 is 5.97 Å². The number of nitrogens with two attached hydrogens (primary N) is 1. The predicted molar refractivity (Wildman–Crippen MR) is 49.6 cm³/mol. The number of aliphatic hydroxyl groups excluding tert-OH is 1. The third-order valence-corrected chi connectivity index (χ3v) is 1.64. The van der Waals surface area contributed by atoms with Crippen LogP contribution >= 0.6 is 0 Å². The molecular formula is C8H16N2O4. The molecule has 0 saturated heterocycles. The molecule has 0 aliphatic rings. The van der Waals surface area contributed by atoms with Crippen LogP contribution in [0.4, 0.5) is 0 Å². The van der Waals surface area contributed by atoms with Crippen molar-refractivity contribution >= 4 is 11.9 Å². The van der Waals surface area contributed by atoms with Gasteiger partial charge in [-0.3, -0.25) is 9.59 Å². The molecule has 0 radical (unpaired) electrons. The number of amides is 1. The van der Waals surface area contributed by atoms with Crippen molar-refractivity contribution in [2.45, 2.75) is 25.3 Å². The van der Waals surface area contributed by atoms with Crippen LogP contribution in [0.25, 0.3) is 0 Å². The standard InChI is InChI=1S/C8H16N2O4/c9-6(2-3-7(12)13)8(14)10-4-1-5-11/h6,11H,1-5,9H2,(H,10,14)(H,12,13)/t6-/m0/s1. The fourth-order valence-electron chi connectivity index (χ4n) is 0.832. The van der Waals surface area contributed by atoms with Gasteiger partial charge < -0.3 is 21.3 Å². The summed E-state index contributed by atoms with van der Waals surface area (Å²) in [4.78, 5) is 21.3. The Hall–Kier alpha value is -1.14. The normalized spacial score (nSPS) is 12.1. The van der Waals surface area contributed by atoms with Crippen LogP contribution in [-0.2, 0) is 9.59 Å². The third kappa shape index (κ3) is 6.38. The topological polar surface area (TPSA) is 113 Å². The lowest BCUT2D eigenvalue weighted by atomic mass is 10.1. The lowest BCUT2D eigenvalue weighted by Crippen LogP contribution is -2.41. The van der Waals surface area contributed by atoms with Gasteiger partial charge in [-0.2, -0.15) is 0 Å². The number of carbonyl (C=O) groups is 2. The summed E-state index contributed by atoms with van der Waals surface area (Å²) in [5.41, 5.74) is 5.41. The third-order valence-electron chi connectivity index (χ3n) is 1.64. The molecule has 5 N–H and O–H groups in total. The Morgan fingerprint density at radius 2 is 2.07 bits per heavy atom. The molecular weight excluding hydrogens is 188 g/mol. The molecule has 0 unspecified atom stereocenters. The molecule has 0 aromatic carbocycles. The zero-order valence-electron chi connectivity index (χ0n) is 7.90. The molecule has 0 rings (SSSR count). The summed E-state index contributed by atoms with van der Waals surface area (Å²) < 4.78 is 0. The first-order valence-electron chi connectivity index (χ1n) is 4.44. The summed E-state index contributed by atoms with van der Waals surface area (Å²) in [5.74, 6) is -1.34. The summed E-state index contributed by atoms with van der Waals surface area (Å²) >= 11 is 0. The van der Waals surface area contributed by atoms with Gasteiger partial charge in [0.15, 0.2) is 0 Å². The van der Waals surface area contributed by atoms with Crippen LogP contribution < -0.4 is 11.1 Å². The number of hydrogen-bond donors (Lipinski definition) is 4. The number of aliphatic carboxylic acids is 1. The van der Waals surface area contributed by atoms with Crippen molar-refractivity contribution < 1.29 is 19.8 Å². The predicted octanol–water partition coefficient (Wildman–Crippen LogP) is -1.32. The number of carbonyl (C=O) groups excluding carboxylic acids is 1. The first kappa shape index (κ1) is 12.9. The van der Waals surface area contributed by atoms with Crippen molar-refractivity contribution in [2.24, 2.45) is 5.73 Å². The van der Waals surface area contributed by atoms with Crippen molar-refractivity contribution in [3.8, 4) is 0 Å². The van der Waals surface area contributed by atoms with Gasteiger partial charge in [0, 0.05) is 19.6 Å². The van der Waals surface area contributed by atoms with Crippen LogP contribution in [0.2, 0.25) is 0 Å². The van der Waals surface area contributed by atoms with Gasteiger partial charge in [-0.25, -0.2) is 0 Å². The Morgan fingerprint density at radius 1 is 1.43 bits per heavy atom. The first-order chi connectivity index (χ1) is 6.57. The molecule has 6 heteroatoms. The second-order valence-corrected chi connectivity index (χ2v) is 2.91. The lowest BCUT2D eigenvalue weighted by Gasteiger charge is -2.10. The van der Waals surface area contributed by atoms with E-state index in [9.17, 15) is 9.59 Å². The molecule has 82 valence electrons. The highest BCUT2D eigenvalue weighted by Crippen LogP contribution is 1.94. The second-order valence-electron chi connectivity index (χ2n) is 2.91. The van der Waals surface area contributed by atoms with Crippen LogP contribution in [-0.4, -0.2) is 41.3 Å². The highest BCUT2D eigenvalue weighted by molar-refractivity contribution is 5.82. The van der Waals surface area contributed by atoms with E-state index in [0.29, 0.717) is 13.0 Å². The van der Waals surface area contributed by atoms with E-state index in [-0.39, 0.29) is 25.4 Å². The van der Waals surface area contributed by atoms with Gasteiger partial charge in [0.1, 0.15) is 0 Å². The minimum Gasteiger partial charge on any atom is -0.481 e. The maximum absolute atomic E-state index is 11.1. The average Bonchev–Trinajstić information content (AvgIpc) is 2.14. The van der Waals surface area contributed by atoms with Gasteiger partial charge in [0.25, 0.3) is 0 Å². The Kier molecular flexibility index (Phi) is 6.69. The SMILES string of the molecule is N[C@@H](CCC(=O)O)C(=O)NCCCO. The summed E-state index contributed by atoms with van der Waals surface area (Å²) in [7, 11) is 0. The molecule has 6 nitrogen and oxygen atoms in total. The number of aliphatic hydroxyl groups is 1. The van der Waals surface area contributed by atoms with E-state index >= 15 is 0 Å². The molecule has 14 heavy (non-hydrogen) atoms. The molecule has 0 aromatic rings. The highest BCUT2D eigenvalue weighted by atomic mass is 16.4. The zero-order chi connectivity index (χ0) is 11.0. The van der Waals surface area contributed by atoms with E-state index in [2.05, 4.69) is 5.32 Å². The number of carboxylic acids is 1. The van der Waals surface area contributed by atoms with Crippen LogP contribution in [0, 0.1) is 0 Å². The Balaban J connectivity index is 3.59. The van der Waals surface area contributed by atoms with E-state index in [0.717, 1.165) is 0 Å². The maximum atomic E-state index is 11.1. The van der Waals surface area contributed by atoms with E-state index < -0.39 is 12.0 Å². The fourth-order valence-corrected chi connectivity index (χ4v) is 0.832. The molecule has 0 fully saturated rings. The van der Waals surface area contributed by atoms with Crippen LogP contribution in [0.15, 0.2) is 0 Å². The first-order valence-corrected chi connectivity index (χ1v) is 4.44. The molecule has 0 bridgehead atoms. The summed E-state index contributed by atoms with van der Waals surface area (Å²) in [6, 6.07) is -0.787. The molecule has 0 aromatic heterocycles. The average molecular weight is 204 g/mol. The molecule has 0 spiro atoms. The Bertz CT molecular complexity index is 196. The molecule has 1 amide bonds. The van der Waals surface area contributed by atoms with E-state index in [1.165, 1.54) is 0 Å². The van der Waals surface area contributed by atoms with E-state index in [1.54, 1.807) is 0 Å². The number of carboxylic acid groups (broad SMARTS) is 1. The largest absolute Gasteiger partial charge is 0.481 e. The van der Waals surface area contributed by atoms with Crippen molar-refractivity contribution in [3.05, 3.63) is 0 Å². The van der Waals surface area contributed by atoms with E-state index in [4.69, 9.17) is 15.9 Å². The number of rotatable bonds is 7. The van der Waals surface area contributed by atoms with Crippen LogP contribution in [0.5, 0.6) is 0 Å². The minimum atomic E-state index is -0.969. The van der Waals surface area contributed by atoms with Gasteiger partial charge in [0.05, 0.1) is 6.04 Å². The molecule has 0 aliphatic heterocycles. The van der Waals surface area contributed by atoms with Crippen LogP contribution in [0.1, 0.15) is 19.3 Å². The smallest absolute Gasteiger partial charge is 0.303 e. The van der Waals surface area contributed by atoms with Gasteiger partial charge in [-0.15, -0.1) is 0 Å². The monoisotopic (exact) mass is 204 g/mol. The van der Waals surface area contributed by atoms with Crippen molar-refractivity contribution in [3.63, 3.8) is 0 Å². The molecule has 0 saturated carbocycles. The van der Waals surface area contributed by atoms with Gasteiger partial charge in [0.2, 0.25) is 5.91 Å². The van der Waals surface area contributed by atoms with Crippen molar-refractivity contribution in [1.29, 1.82) is 0 Å². The minimum absolute atomic E-state index is 0.00461. The summed E-state index contributed by atoms with van der Waals surface area (Å²) in [5, 5.41) is 19.3. The summed E-state index contributed by atoms with van der Waals surface area (Å²) in [6.45, 7) is 0.362. The van der Waals surface area contributed by atoms with Gasteiger partial charge in [-0.05, 0) is 12.8 Å². The van der Waals surface area contributed by atoms with Crippen LogP contribution in [0.3, 0.4) is 0 Å². The summed E-state index contributed by atoms with van der Waals surface area (Å²) in [6.07, 6.45) is 0.478. The highest BCUT2D eigenvalue weighted by Gasteiger charge is 2.13. The second kappa shape index (κ2) is 7.28. The molecule has 0 aliphatic carbocycles. The van der Waals surface area contributed by atoms with Gasteiger partial charge in [-0.1, -0.05) is 0 Å². The Labute approximate surface area is 82.1 Å². The Morgan fingerprint density at radius 3 is 2.57 bits per heavy atom.